The lowest BCUT2D eigenvalue weighted by Crippen LogP contribution is -2.56. The minimum Gasteiger partial charge on any atom is -0.487 e. The molecule has 0 saturated carbocycles. The van der Waals surface area contributed by atoms with Gasteiger partial charge in [0.25, 0.3) is 0 Å². The van der Waals surface area contributed by atoms with Gasteiger partial charge >= 0.3 is 11.9 Å². The number of hydrogen-bond acceptors (Lipinski definition) is 4. The Morgan fingerprint density at radius 1 is 1.26 bits per heavy atom. The largest absolute Gasteiger partial charge is 0.487 e. The molecule has 0 N–H and O–H groups in total. The molecule has 0 unspecified atom stereocenters. The van der Waals surface area contributed by atoms with E-state index in [1.807, 2.05) is 19.1 Å². The van der Waals surface area contributed by atoms with Gasteiger partial charge in [-0.25, -0.2) is 4.79 Å². The molecule has 5 nitrogen and oxygen atoms in total. The van der Waals surface area contributed by atoms with Gasteiger partial charge in [-0.15, -0.1) is 0 Å². The van der Waals surface area contributed by atoms with Crippen LogP contribution in [0.5, 0.6) is 0 Å². The highest BCUT2D eigenvalue weighted by atomic mass is 79.9. The van der Waals surface area contributed by atoms with Gasteiger partial charge in [-0.2, -0.15) is 0 Å². The van der Waals surface area contributed by atoms with Gasteiger partial charge < -0.3 is 14.4 Å². The molecule has 1 amide bonds. The lowest BCUT2D eigenvalue weighted by molar-refractivity contribution is -0.163. The predicted octanol–water partition coefficient (Wildman–Crippen LogP) is 3.17. The zero-order valence-electron chi connectivity index (χ0n) is 14.3. The van der Waals surface area contributed by atoms with E-state index < -0.39 is 11.9 Å². The van der Waals surface area contributed by atoms with E-state index in [9.17, 15) is 9.59 Å². The highest BCUT2D eigenvalue weighted by molar-refractivity contribution is 9.11. The monoisotopic (exact) mass is 385 g/mol. The minimum absolute atomic E-state index is 0.0431. The van der Waals surface area contributed by atoms with Crippen molar-refractivity contribution in [1.82, 2.24) is 4.90 Å². The summed E-state index contributed by atoms with van der Waals surface area (Å²) < 4.78 is 11.2. The molecule has 128 valence electrons. The van der Waals surface area contributed by atoms with Gasteiger partial charge in [0.2, 0.25) is 0 Å². The number of nitrogens with zero attached hydrogens (tertiary/aromatic N) is 1. The van der Waals surface area contributed by atoms with E-state index in [2.05, 4.69) is 48.0 Å². The second-order valence-electron chi connectivity index (χ2n) is 6.46. The molecule has 0 atom stereocenters. The van der Waals surface area contributed by atoms with E-state index in [1.165, 1.54) is 12.0 Å². The Kier molecular flexibility index (Phi) is 6.62. The summed E-state index contributed by atoms with van der Waals surface area (Å²) in [5, 5.41) is 0. The van der Waals surface area contributed by atoms with Crippen LogP contribution in [0.4, 0.5) is 0 Å². The number of amides is 1. The summed E-state index contributed by atoms with van der Waals surface area (Å²) in [5.41, 5.74) is 1.05. The van der Waals surface area contributed by atoms with Crippen molar-refractivity contribution in [3.05, 3.63) is 34.5 Å². The molecular formula is C17H24BrNO4. The molecule has 1 aliphatic heterocycles. The molecule has 1 aliphatic rings. The Labute approximate surface area is 146 Å². The van der Waals surface area contributed by atoms with Crippen LogP contribution >= 0.6 is 15.9 Å². The average Bonchev–Trinajstić information content (AvgIpc) is 2.41. The number of likely N-dealkylation sites (tertiary alicyclic amines) is 1. The van der Waals surface area contributed by atoms with E-state index >= 15 is 0 Å². The summed E-state index contributed by atoms with van der Waals surface area (Å²) in [6.07, 6.45) is 3.55. The molecule has 0 aromatic heterocycles. The quantitative estimate of drug-likeness (QED) is 0.322. The van der Waals surface area contributed by atoms with Crippen LogP contribution in [-0.2, 0) is 19.1 Å². The Morgan fingerprint density at radius 3 is 2.26 bits per heavy atom. The predicted molar refractivity (Wildman–Crippen MR) is 92.8 cm³/mol. The maximum absolute atomic E-state index is 11.6. The third-order valence-corrected chi connectivity index (χ3v) is 3.96. The van der Waals surface area contributed by atoms with Gasteiger partial charge in [0, 0.05) is 4.48 Å². The Hall–Kier alpha value is -1.56. The standard InChI is InChI=1S/C17H24BrNO4/c1-11(18)7-8-14(12(2)17(3,4)5)23-13-9-19(10-13)15(20)16(21)22-6/h7-8,13H,1,9-10H2,2-6H3/b8-7-,14-12-. The number of esters is 1. The SMILES string of the molecule is C=C(Br)/C=C\C(OC1CN(C(=O)C(=O)OC)C1)=C(/C)C(C)(C)C. The lowest BCUT2D eigenvalue weighted by atomic mass is 9.86. The molecule has 6 heteroatoms. The molecule has 1 heterocycles. The zero-order valence-corrected chi connectivity index (χ0v) is 15.9. The topological polar surface area (TPSA) is 55.8 Å². The summed E-state index contributed by atoms with van der Waals surface area (Å²) in [5.74, 6) is -0.719. The molecule has 1 fully saturated rings. The first-order chi connectivity index (χ1) is 10.6. The first-order valence-electron chi connectivity index (χ1n) is 7.34. The van der Waals surface area contributed by atoms with Gasteiger partial charge in [0.15, 0.2) is 0 Å². The molecule has 0 aromatic carbocycles. The first-order valence-corrected chi connectivity index (χ1v) is 8.13. The van der Waals surface area contributed by atoms with Gasteiger partial charge in [0.05, 0.1) is 20.2 Å². The fraction of sp³-hybridized carbons (Fsp3) is 0.529. The number of rotatable bonds is 4. The Bertz CT molecular complexity index is 551. The number of methoxy groups -OCH3 is 1. The second-order valence-corrected chi connectivity index (χ2v) is 7.48. The van der Waals surface area contributed by atoms with Crippen molar-refractivity contribution < 1.29 is 19.1 Å². The maximum atomic E-state index is 11.6. The lowest BCUT2D eigenvalue weighted by Gasteiger charge is -2.39. The van der Waals surface area contributed by atoms with Crippen LogP contribution in [0.2, 0.25) is 0 Å². The molecule has 1 saturated heterocycles. The normalized spacial score (nSPS) is 16.7. The minimum atomic E-state index is -0.847. The summed E-state index contributed by atoms with van der Waals surface area (Å²) in [7, 11) is 1.19. The van der Waals surface area contributed by atoms with Crippen molar-refractivity contribution >= 4 is 27.8 Å². The van der Waals surface area contributed by atoms with Crippen molar-refractivity contribution in [2.75, 3.05) is 20.2 Å². The van der Waals surface area contributed by atoms with Crippen LogP contribution < -0.4 is 0 Å². The third-order valence-electron chi connectivity index (χ3n) is 3.70. The van der Waals surface area contributed by atoms with E-state index in [4.69, 9.17) is 4.74 Å². The molecule has 1 rings (SSSR count). The van der Waals surface area contributed by atoms with Gasteiger partial charge in [-0.1, -0.05) is 43.3 Å². The van der Waals surface area contributed by atoms with Crippen LogP contribution in [0.1, 0.15) is 27.7 Å². The maximum Gasteiger partial charge on any atom is 0.396 e. The number of allylic oxidation sites excluding steroid dienone is 4. The number of ether oxygens (including phenoxy) is 2. The van der Waals surface area contributed by atoms with Gasteiger partial charge in [0.1, 0.15) is 11.9 Å². The van der Waals surface area contributed by atoms with Crippen LogP contribution in [0.3, 0.4) is 0 Å². The van der Waals surface area contributed by atoms with Crippen molar-refractivity contribution in [3.8, 4) is 0 Å². The van der Waals surface area contributed by atoms with E-state index in [-0.39, 0.29) is 11.5 Å². The van der Waals surface area contributed by atoms with Gasteiger partial charge in [-0.05, 0) is 30.1 Å². The molecule has 0 aliphatic carbocycles. The molecule has 0 bridgehead atoms. The number of halogens is 1. The molecule has 23 heavy (non-hydrogen) atoms. The summed E-state index contributed by atoms with van der Waals surface area (Å²) in [4.78, 5) is 24.3. The number of carbonyl (C=O) groups excluding carboxylic acids is 2. The molecule has 0 spiro atoms. The van der Waals surface area contributed by atoms with Crippen molar-refractivity contribution in [1.29, 1.82) is 0 Å². The summed E-state index contributed by atoms with van der Waals surface area (Å²) in [6.45, 7) is 12.9. The molecular weight excluding hydrogens is 362 g/mol. The smallest absolute Gasteiger partial charge is 0.396 e. The van der Waals surface area contributed by atoms with Crippen LogP contribution in [0, 0.1) is 5.41 Å². The van der Waals surface area contributed by atoms with Crippen molar-refractivity contribution in [3.63, 3.8) is 0 Å². The fourth-order valence-electron chi connectivity index (χ4n) is 1.86. The Balaban J connectivity index is 2.77. The van der Waals surface area contributed by atoms with E-state index in [1.54, 1.807) is 0 Å². The number of carbonyl (C=O) groups is 2. The zero-order chi connectivity index (χ0) is 17.8. The Morgan fingerprint density at radius 2 is 1.83 bits per heavy atom. The summed E-state index contributed by atoms with van der Waals surface area (Å²) >= 11 is 3.29. The number of hydrogen-bond donors (Lipinski definition) is 0. The first kappa shape index (κ1) is 19.5. The van der Waals surface area contributed by atoms with Crippen LogP contribution in [-0.4, -0.2) is 43.1 Å². The molecule has 0 aromatic rings. The van der Waals surface area contributed by atoms with Crippen LogP contribution in [0.15, 0.2) is 34.5 Å². The van der Waals surface area contributed by atoms with Gasteiger partial charge in [-0.3, -0.25) is 4.79 Å². The average molecular weight is 386 g/mol. The van der Waals surface area contributed by atoms with Crippen molar-refractivity contribution in [2.45, 2.75) is 33.8 Å². The van der Waals surface area contributed by atoms with Crippen molar-refractivity contribution in [2.24, 2.45) is 5.41 Å². The molecule has 0 radical (unpaired) electrons. The highest BCUT2D eigenvalue weighted by Gasteiger charge is 2.36. The second kappa shape index (κ2) is 7.81. The van der Waals surface area contributed by atoms with E-state index in [0.717, 1.165) is 15.8 Å². The van der Waals surface area contributed by atoms with Crippen LogP contribution in [0.25, 0.3) is 0 Å². The summed E-state index contributed by atoms with van der Waals surface area (Å²) in [6, 6.07) is 0. The highest BCUT2D eigenvalue weighted by Crippen LogP contribution is 2.30. The van der Waals surface area contributed by atoms with E-state index in [0.29, 0.717) is 13.1 Å². The fourth-order valence-corrected chi connectivity index (χ4v) is 2.00. The third kappa shape index (κ3) is 5.53.